The number of rotatable bonds is 3. The van der Waals surface area contributed by atoms with Gasteiger partial charge in [-0.1, -0.05) is 6.07 Å². The number of nitrogens with zero attached hydrogens (tertiary/aromatic N) is 3. The van der Waals surface area contributed by atoms with E-state index in [4.69, 9.17) is 4.74 Å². The zero-order valence-corrected chi connectivity index (χ0v) is 20.5. The number of pyridine rings is 1. The fourth-order valence-electron chi connectivity index (χ4n) is 5.14. The predicted molar refractivity (Wildman–Crippen MR) is 130 cm³/mol. The van der Waals surface area contributed by atoms with Crippen molar-refractivity contribution in [2.75, 3.05) is 26.3 Å². The summed E-state index contributed by atoms with van der Waals surface area (Å²) >= 11 is 0. The van der Waals surface area contributed by atoms with E-state index in [0.717, 1.165) is 27.8 Å². The Balaban J connectivity index is 1.64. The molecular formula is C26H29FN4O5. The fraction of sp³-hybridized carbons (Fsp3) is 0.423. The maximum Gasteiger partial charge on any atom is 0.407 e. The zero-order chi connectivity index (χ0) is 25.8. The Morgan fingerprint density at radius 3 is 2.72 bits per heavy atom. The van der Waals surface area contributed by atoms with Crippen LogP contribution in [0.5, 0.6) is 0 Å². The van der Waals surface area contributed by atoms with Crippen molar-refractivity contribution in [3.05, 3.63) is 52.6 Å². The first-order valence-corrected chi connectivity index (χ1v) is 11.9. The van der Waals surface area contributed by atoms with Crippen LogP contribution in [0.15, 0.2) is 24.4 Å². The molecule has 10 heteroatoms. The number of hydrogen-bond acceptors (Lipinski definition) is 5. The van der Waals surface area contributed by atoms with Gasteiger partial charge in [0.05, 0.1) is 19.3 Å². The molecule has 2 aliphatic rings. The standard InChI is InChI=1S/C26H29FN4O5/c1-14-18-10-17(11-28-23(18)29-22(14)27)16-8-15-4-5-30(24(32)26(2,3)35)12-20(15)19(9-16)21-13-36-7-6-31(21)25(33)34/h8-11,21,35H,4-7,12-13H2,1-3H3,(H,28,29)(H,33,34)/t21-/m0/s1. The lowest BCUT2D eigenvalue weighted by molar-refractivity contribution is -0.148. The number of carbonyl (C=O) groups excluding carboxylic acids is 1. The van der Waals surface area contributed by atoms with Gasteiger partial charge in [0.2, 0.25) is 0 Å². The van der Waals surface area contributed by atoms with E-state index in [1.165, 1.54) is 18.7 Å². The van der Waals surface area contributed by atoms with Crippen LogP contribution in [-0.2, 0) is 22.5 Å². The van der Waals surface area contributed by atoms with Gasteiger partial charge in [-0.15, -0.1) is 0 Å². The number of halogens is 1. The van der Waals surface area contributed by atoms with E-state index < -0.39 is 23.7 Å². The summed E-state index contributed by atoms with van der Waals surface area (Å²) in [5.74, 6) is -0.799. The fourth-order valence-corrected chi connectivity index (χ4v) is 5.14. The molecule has 2 amide bonds. The monoisotopic (exact) mass is 496 g/mol. The number of carbonyl (C=O) groups is 2. The van der Waals surface area contributed by atoms with Crippen molar-refractivity contribution in [1.29, 1.82) is 0 Å². The SMILES string of the molecule is Cc1c(F)[nH]c2ncc(-c3cc4c(c([C@@H]5COCCN5C(=O)O)c3)CN(C(=O)C(C)(C)O)CC4)cc12. The van der Waals surface area contributed by atoms with E-state index in [9.17, 15) is 24.2 Å². The smallest absolute Gasteiger partial charge is 0.407 e. The normalized spacial score (nSPS) is 18.4. The molecule has 36 heavy (non-hydrogen) atoms. The molecule has 4 heterocycles. The molecule has 0 aliphatic carbocycles. The van der Waals surface area contributed by atoms with Crippen LogP contribution in [0.3, 0.4) is 0 Å². The minimum Gasteiger partial charge on any atom is -0.465 e. The first-order chi connectivity index (χ1) is 17.0. The molecule has 1 aromatic carbocycles. The molecule has 2 aliphatic heterocycles. The van der Waals surface area contributed by atoms with Crippen molar-refractivity contribution in [1.82, 2.24) is 19.8 Å². The molecule has 190 valence electrons. The number of ether oxygens (including phenoxy) is 1. The molecule has 1 saturated heterocycles. The summed E-state index contributed by atoms with van der Waals surface area (Å²) in [5, 5.41) is 20.9. The molecule has 3 N–H and O–H groups in total. The Morgan fingerprint density at radius 2 is 2.00 bits per heavy atom. The highest BCUT2D eigenvalue weighted by Gasteiger charge is 2.36. The number of nitrogens with one attached hydrogen (secondary N) is 1. The molecule has 1 atom stereocenters. The number of aromatic nitrogens is 2. The predicted octanol–water partition coefficient (Wildman–Crippen LogP) is 3.38. The maximum atomic E-state index is 14.1. The molecule has 1 fully saturated rings. The van der Waals surface area contributed by atoms with Crippen molar-refractivity contribution < 1.29 is 28.9 Å². The molecule has 0 spiro atoms. The molecule has 2 aromatic heterocycles. The molecule has 0 saturated carbocycles. The number of aliphatic hydroxyl groups is 1. The molecular weight excluding hydrogens is 467 g/mol. The highest BCUT2D eigenvalue weighted by Crippen LogP contribution is 2.37. The second-order valence-corrected chi connectivity index (χ2v) is 9.99. The van der Waals surface area contributed by atoms with Gasteiger partial charge in [0.25, 0.3) is 5.91 Å². The third kappa shape index (κ3) is 4.20. The number of carboxylic acid groups (broad SMARTS) is 1. The van der Waals surface area contributed by atoms with Gasteiger partial charge in [-0.25, -0.2) is 9.78 Å². The van der Waals surface area contributed by atoms with Crippen LogP contribution < -0.4 is 0 Å². The minimum atomic E-state index is -1.51. The van der Waals surface area contributed by atoms with Gasteiger partial charge in [-0.2, -0.15) is 4.39 Å². The summed E-state index contributed by atoms with van der Waals surface area (Å²) in [6.07, 6.45) is 1.18. The van der Waals surface area contributed by atoms with E-state index in [1.54, 1.807) is 18.0 Å². The van der Waals surface area contributed by atoms with Crippen LogP contribution in [0.2, 0.25) is 0 Å². The summed E-state index contributed by atoms with van der Waals surface area (Å²) in [6, 6.07) is 5.28. The first kappa shape index (κ1) is 24.2. The van der Waals surface area contributed by atoms with Gasteiger partial charge in [0.1, 0.15) is 11.2 Å². The molecule has 0 bridgehead atoms. The molecule has 0 radical (unpaired) electrons. The van der Waals surface area contributed by atoms with Crippen molar-refractivity contribution in [3.8, 4) is 11.1 Å². The van der Waals surface area contributed by atoms with Crippen LogP contribution in [-0.4, -0.2) is 73.9 Å². The zero-order valence-electron chi connectivity index (χ0n) is 20.5. The van der Waals surface area contributed by atoms with Gasteiger partial charge in [0, 0.05) is 42.3 Å². The summed E-state index contributed by atoms with van der Waals surface area (Å²) in [7, 11) is 0. The lowest BCUT2D eigenvalue weighted by atomic mass is 9.86. The number of hydrogen-bond donors (Lipinski definition) is 3. The summed E-state index contributed by atoms with van der Waals surface area (Å²) in [5.41, 5.74) is 3.66. The van der Waals surface area contributed by atoms with Crippen LogP contribution in [0.1, 0.15) is 42.1 Å². The summed E-state index contributed by atoms with van der Waals surface area (Å²) < 4.78 is 19.8. The summed E-state index contributed by atoms with van der Waals surface area (Å²) in [4.78, 5) is 34.9. The van der Waals surface area contributed by atoms with E-state index >= 15 is 0 Å². The number of aryl methyl sites for hydroxylation is 1. The molecule has 9 nitrogen and oxygen atoms in total. The number of morpholine rings is 1. The average Bonchev–Trinajstić information content (AvgIpc) is 3.14. The van der Waals surface area contributed by atoms with Crippen LogP contribution in [0.4, 0.5) is 9.18 Å². The van der Waals surface area contributed by atoms with Gasteiger partial charge in [0.15, 0.2) is 5.95 Å². The van der Waals surface area contributed by atoms with Gasteiger partial charge >= 0.3 is 6.09 Å². The Kier molecular flexibility index (Phi) is 5.96. The highest BCUT2D eigenvalue weighted by molar-refractivity contribution is 5.86. The second-order valence-electron chi connectivity index (χ2n) is 9.99. The van der Waals surface area contributed by atoms with Crippen molar-refractivity contribution >= 4 is 23.0 Å². The van der Waals surface area contributed by atoms with E-state index in [2.05, 4.69) is 9.97 Å². The third-order valence-corrected chi connectivity index (χ3v) is 7.10. The Labute approximate surface area is 207 Å². The van der Waals surface area contributed by atoms with Crippen LogP contribution in [0.25, 0.3) is 22.2 Å². The first-order valence-electron chi connectivity index (χ1n) is 11.9. The second kappa shape index (κ2) is 8.86. The van der Waals surface area contributed by atoms with Crippen molar-refractivity contribution in [2.45, 2.75) is 45.4 Å². The van der Waals surface area contributed by atoms with E-state index in [1.807, 2.05) is 18.2 Å². The summed E-state index contributed by atoms with van der Waals surface area (Å²) in [6.45, 7) is 6.06. The van der Waals surface area contributed by atoms with E-state index in [-0.39, 0.29) is 25.6 Å². The number of H-pyrrole nitrogens is 1. The number of benzene rings is 1. The lowest BCUT2D eigenvalue weighted by Crippen LogP contribution is -2.48. The van der Waals surface area contributed by atoms with Gasteiger partial charge in [-0.05, 0) is 61.6 Å². The topological polar surface area (TPSA) is 119 Å². The van der Waals surface area contributed by atoms with Crippen molar-refractivity contribution in [2.24, 2.45) is 0 Å². The third-order valence-electron chi connectivity index (χ3n) is 7.10. The Bertz CT molecular complexity index is 1360. The van der Waals surface area contributed by atoms with Crippen LogP contribution >= 0.6 is 0 Å². The largest absolute Gasteiger partial charge is 0.465 e. The minimum absolute atomic E-state index is 0.195. The quantitative estimate of drug-likeness (QED) is 0.512. The van der Waals surface area contributed by atoms with Gasteiger partial charge < -0.3 is 24.8 Å². The average molecular weight is 497 g/mol. The molecule has 5 rings (SSSR count). The Hall–Kier alpha value is -3.50. The molecule has 3 aromatic rings. The number of amides is 2. The number of aromatic amines is 1. The molecule has 0 unspecified atom stereocenters. The van der Waals surface area contributed by atoms with E-state index in [0.29, 0.717) is 36.2 Å². The Morgan fingerprint density at radius 1 is 1.22 bits per heavy atom. The number of fused-ring (bicyclic) bond motifs is 2. The van der Waals surface area contributed by atoms with Crippen molar-refractivity contribution in [3.63, 3.8) is 0 Å². The highest BCUT2D eigenvalue weighted by atomic mass is 19.1. The maximum absolute atomic E-state index is 14.1. The lowest BCUT2D eigenvalue weighted by Gasteiger charge is -2.39. The van der Waals surface area contributed by atoms with Gasteiger partial charge in [-0.3, -0.25) is 9.69 Å². The van der Waals surface area contributed by atoms with Crippen LogP contribution in [0, 0.1) is 12.9 Å².